The zero-order chi connectivity index (χ0) is 36.4. The maximum atomic E-state index is 14.5. The molecule has 6 N–H and O–H groups in total. The average Bonchev–Trinajstić information content (AvgIpc) is 3.09. The van der Waals surface area contributed by atoms with Crippen molar-refractivity contribution in [3.63, 3.8) is 0 Å². The molecule has 8 unspecified atom stereocenters. The number of benzene rings is 2. The number of esters is 2. The Labute approximate surface area is 288 Å². The van der Waals surface area contributed by atoms with Crippen LogP contribution in [-0.2, 0) is 23.8 Å². The van der Waals surface area contributed by atoms with Gasteiger partial charge in [-0.3, -0.25) is 9.59 Å². The molecule has 0 radical (unpaired) electrons. The minimum absolute atomic E-state index is 0.0208. The summed E-state index contributed by atoms with van der Waals surface area (Å²) < 4.78 is 17.5. The maximum absolute atomic E-state index is 14.5. The van der Waals surface area contributed by atoms with E-state index in [1.165, 1.54) is 26.0 Å². The van der Waals surface area contributed by atoms with E-state index in [0.717, 1.165) is 0 Å². The molecule has 1 amide bonds. The molecule has 3 aliphatic carbocycles. The molecule has 50 heavy (non-hydrogen) atoms. The molecule has 0 aromatic heterocycles. The van der Waals surface area contributed by atoms with Gasteiger partial charge < -0.3 is 45.1 Å². The molecular weight excluding hydrogens is 650 g/mol. The molecule has 13 nitrogen and oxygen atoms in total. The molecule has 2 saturated carbocycles. The van der Waals surface area contributed by atoms with Crippen molar-refractivity contribution in [1.29, 1.82) is 0 Å². The first kappa shape index (κ1) is 35.8. The Balaban J connectivity index is 1.41. The number of Topliss-reactive ketones (excluding diaryl/α,β-unsaturated/α-hetero) is 1. The first-order valence-electron chi connectivity index (χ1n) is 16.6. The molecule has 1 heterocycles. The lowest BCUT2D eigenvalue weighted by Gasteiger charge is -2.66. The fourth-order valence-electron chi connectivity index (χ4n) is 8.56. The van der Waals surface area contributed by atoms with Crippen molar-refractivity contribution in [3.8, 4) is 0 Å². The van der Waals surface area contributed by atoms with Crippen LogP contribution >= 0.6 is 0 Å². The fraction of sp³-hybridized carbons (Fsp3) is 0.514. The molecule has 2 aromatic carbocycles. The summed E-state index contributed by atoms with van der Waals surface area (Å²) in [5.41, 5.74) is -7.03. The summed E-state index contributed by atoms with van der Waals surface area (Å²) in [6, 6.07) is 16.1. The first-order chi connectivity index (χ1) is 23.5. The van der Waals surface area contributed by atoms with E-state index in [-0.39, 0.29) is 29.7 Å². The second-order valence-electron chi connectivity index (χ2n) is 14.6. The monoisotopic (exact) mass is 693 g/mol. The van der Waals surface area contributed by atoms with Crippen molar-refractivity contribution >= 4 is 23.6 Å². The topological polar surface area (TPSA) is 209 Å². The SMILES string of the molecule is CC1=C2C(O)C(=O)[C@]3(C)C(O)CC4OC[C@@]4(O)C3C(OC(=O)c3ccccc3)C(O)(CC1OC(=O)C(O)CNC(=O)c1ccccc1)C2(C)C. The van der Waals surface area contributed by atoms with Gasteiger partial charge in [0.1, 0.15) is 29.5 Å². The molecule has 4 aliphatic rings. The van der Waals surface area contributed by atoms with Crippen molar-refractivity contribution < 1.29 is 58.9 Å². The maximum Gasteiger partial charge on any atom is 0.338 e. The average molecular weight is 694 g/mol. The summed E-state index contributed by atoms with van der Waals surface area (Å²) in [5.74, 6) is -4.96. The van der Waals surface area contributed by atoms with Crippen LogP contribution < -0.4 is 5.32 Å². The Hall–Kier alpha value is -3.98. The van der Waals surface area contributed by atoms with Crippen LogP contribution in [0.3, 0.4) is 0 Å². The van der Waals surface area contributed by atoms with Crippen LogP contribution in [0.1, 0.15) is 61.3 Å². The van der Waals surface area contributed by atoms with Crippen LogP contribution in [0.5, 0.6) is 0 Å². The van der Waals surface area contributed by atoms with Crippen LogP contribution in [-0.4, -0.2) is 110 Å². The predicted molar refractivity (Wildman–Crippen MR) is 174 cm³/mol. The van der Waals surface area contributed by atoms with Gasteiger partial charge in [-0.15, -0.1) is 0 Å². The van der Waals surface area contributed by atoms with Crippen LogP contribution in [0.4, 0.5) is 0 Å². The molecule has 13 heteroatoms. The molecule has 3 fully saturated rings. The van der Waals surface area contributed by atoms with Gasteiger partial charge in [0.15, 0.2) is 11.9 Å². The van der Waals surface area contributed by atoms with Crippen molar-refractivity contribution in [2.75, 3.05) is 13.2 Å². The predicted octanol–water partition coefficient (Wildman–Crippen LogP) is 0.853. The number of ether oxygens (including phenoxy) is 3. The van der Waals surface area contributed by atoms with Gasteiger partial charge in [-0.25, -0.2) is 9.59 Å². The van der Waals surface area contributed by atoms with E-state index in [2.05, 4.69) is 5.32 Å². The standard InChI is InChI=1S/C37H43NO12/c1-19-23(49-33(45)22(39)17-38-31(43)20-11-7-5-8-12-20)16-37(47)30(50-32(44)21-13-9-6-10-14-21)28-35(4,24(40)15-25-36(28,46)18-48-25)29(42)27(41)26(19)34(37,2)3/h5-14,22-25,27-28,30,39-41,46-47H,15-18H2,1-4H3,(H,38,43)/t22?,23?,24?,25?,27?,28?,30?,35-,36+,37?/m1/s1. The highest BCUT2D eigenvalue weighted by Crippen LogP contribution is 2.63. The van der Waals surface area contributed by atoms with Gasteiger partial charge >= 0.3 is 11.9 Å². The van der Waals surface area contributed by atoms with E-state index in [4.69, 9.17) is 14.2 Å². The highest BCUT2D eigenvalue weighted by atomic mass is 16.6. The number of fused-ring (bicyclic) bond motifs is 5. The molecule has 268 valence electrons. The fourth-order valence-corrected chi connectivity index (χ4v) is 8.56. The van der Waals surface area contributed by atoms with Crippen LogP contribution in [0.2, 0.25) is 0 Å². The number of aliphatic hydroxyl groups excluding tert-OH is 3. The molecular formula is C37H43NO12. The van der Waals surface area contributed by atoms with Crippen LogP contribution in [0, 0.1) is 16.7 Å². The Morgan fingerprint density at radius 3 is 2.14 bits per heavy atom. The molecule has 1 saturated heterocycles. The third kappa shape index (κ3) is 5.38. The number of carbonyl (C=O) groups excluding carboxylic acids is 4. The van der Waals surface area contributed by atoms with Gasteiger partial charge in [-0.2, -0.15) is 0 Å². The molecule has 6 rings (SSSR count). The first-order valence-corrected chi connectivity index (χ1v) is 16.6. The number of amides is 1. The van der Waals surface area contributed by atoms with Gasteiger partial charge in [-0.1, -0.05) is 50.2 Å². The highest BCUT2D eigenvalue weighted by molar-refractivity contribution is 5.95. The van der Waals surface area contributed by atoms with E-state index < -0.39 is 101 Å². The zero-order valence-corrected chi connectivity index (χ0v) is 28.2. The Morgan fingerprint density at radius 2 is 1.56 bits per heavy atom. The summed E-state index contributed by atoms with van der Waals surface area (Å²) in [5, 5.41) is 61.7. The lowest BCUT2D eigenvalue weighted by molar-refractivity contribution is -0.343. The van der Waals surface area contributed by atoms with Gasteiger partial charge in [0.25, 0.3) is 5.91 Å². The lowest BCUT2D eigenvalue weighted by atomic mass is 9.44. The Bertz CT molecular complexity index is 1710. The van der Waals surface area contributed by atoms with Crippen molar-refractivity contribution in [2.45, 2.75) is 88.4 Å². The summed E-state index contributed by atoms with van der Waals surface area (Å²) in [6.07, 6.45) is -9.92. The number of nitrogens with one attached hydrogen (secondary N) is 1. The van der Waals surface area contributed by atoms with E-state index in [1.807, 2.05) is 0 Å². The van der Waals surface area contributed by atoms with E-state index in [0.29, 0.717) is 5.56 Å². The van der Waals surface area contributed by atoms with Crippen molar-refractivity contribution in [1.82, 2.24) is 5.32 Å². The minimum atomic E-state index is -2.26. The molecule has 2 bridgehead atoms. The largest absolute Gasteiger partial charge is 0.456 e. The molecule has 1 aliphatic heterocycles. The summed E-state index contributed by atoms with van der Waals surface area (Å²) >= 11 is 0. The number of carbonyl (C=O) groups is 4. The number of rotatable bonds is 7. The van der Waals surface area contributed by atoms with Crippen molar-refractivity contribution in [2.24, 2.45) is 16.7 Å². The quantitative estimate of drug-likeness (QED) is 0.176. The van der Waals surface area contributed by atoms with E-state index in [1.54, 1.807) is 62.4 Å². The molecule has 2 aromatic rings. The number of aliphatic hydroxyl groups is 5. The van der Waals surface area contributed by atoms with Gasteiger partial charge in [-0.05, 0) is 49.3 Å². The third-order valence-corrected chi connectivity index (χ3v) is 11.6. The van der Waals surface area contributed by atoms with Crippen LogP contribution in [0.25, 0.3) is 0 Å². The second kappa shape index (κ2) is 12.7. The van der Waals surface area contributed by atoms with Crippen LogP contribution in [0.15, 0.2) is 71.8 Å². The van der Waals surface area contributed by atoms with E-state index in [9.17, 15) is 44.7 Å². The van der Waals surface area contributed by atoms with Gasteiger partial charge in [0.2, 0.25) is 0 Å². The number of hydrogen-bond acceptors (Lipinski definition) is 12. The second-order valence-corrected chi connectivity index (χ2v) is 14.6. The lowest BCUT2D eigenvalue weighted by Crippen LogP contribution is -2.81. The minimum Gasteiger partial charge on any atom is -0.456 e. The van der Waals surface area contributed by atoms with Gasteiger partial charge in [0, 0.05) is 29.7 Å². The summed E-state index contributed by atoms with van der Waals surface area (Å²) in [6.45, 7) is 5.20. The third-order valence-electron chi connectivity index (χ3n) is 11.6. The molecule has 0 spiro atoms. The molecule has 10 atom stereocenters. The summed E-state index contributed by atoms with van der Waals surface area (Å²) in [4.78, 5) is 54.1. The normalized spacial score (nSPS) is 36.4. The highest BCUT2D eigenvalue weighted by Gasteiger charge is 2.76. The number of ketones is 1. The Kier molecular flexibility index (Phi) is 9.07. The Morgan fingerprint density at radius 1 is 0.960 bits per heavy atom. The zero-order valence-electron chi connectivity index (χ0n) is 28.2. The summed E-state index contributed by atoms with van der Waals surface area (Å²) in [7, 11) is 0. The smallest absolute Gasteiger partial charge is 0.338 e. The van der Waals surface area contributed by atoms with Crippen molar-refractivity contribution in [3.05, 3.63) is 82.9 Å². The van der Waals surface area contributed by atoms with E-state index >= 15 is 0 Å². The number of hydrogen-bond donors (Lipinski definition) is 6. The van der Waals surface area contributed by atoms with Gasteiger partial charge in [0.05, 0.1) is 36.3 Å².